The van der Waals surface area contributed by atoms with Gasteiger partial charge in [0.1, 0.15) is 5.75 Å². The predicted octanol–water partition coefficient (Wildman–Crippen LogP) is 4.12. The van der Waals surface area contributed by atoms with Gasteiger partial charge in [0, 0.05) is 26.1 Å². The molecule has 2 fully saturated rings. The number of phenolic OH excluding ortho intramolecular Hbond substituents is 1. The molecule has 144 valence electrons. The van der Waals surface area contributed by atoms with Crippen LogP contribution >= 0.6 is 0 Å². The highest BCUT2D eigenvalue weighted by atomic mass is 16.3. The Balaban J connectivity index is 1.34. The third kappa shape index (κ3) is 4.04. The van der Waals surface area contributed by atoms with Crippen LogP contribution in [-0.4, -0.2) is 40.3 Å². The topological polar surface area (TPSA) is 43.7 Å². The molecule has 2 N–H and O–H groups in total. The van der Waals surface area contributed by atoms with Crippen molar-refractivity contribution in [3.63, 3.8) is 0 Å². The summed E-state index contributed by atoms with van der Waals surface area (Å²) in [5, 5.41) is 20.7. The standard InChI is InChI=1S/C24H31NO2/c1-17-5-3-4-6-20(17)11-24(27)12-21-15-25(16-22(21)13-24)14-18(2)19-7-9-23(26)10-8-19/h3-10,18,21-22,26-27H,11-16H2,1-2H3/t18?,21-,22+,24-. The van der Waals surface area contributed by atoms with Crippen molar-refractivity contribution in [1.82, 2.24) is 4.90 Å². The summed E-state index contributed by atoms with van der Waals surface area (Å²) in [6.07, 6.45) is 2.64. The van der Waals surface area contributed by atoms with E-state index in [9.17, 15) is 10.2 Å². The second-order valence-corrected chi connectivity index (χ2v) is 8.97. The molecular weight excluding hydrogens is 334 g/mol. The summed E-state index contributed by atoms with van der Waals surface area (Å²) in [7, 11) is 0. The summed E-state index contributed by atoms with van der Waals surface area (Å²) in [6.45, 7) is 7.65. The molecule has 1 aliphatic carbocycles. The number of aromatic hydroxyl groups is 1. The molecule has 1 unspecified atom stereocenters. The Morgan fingerprint density at radius 1 is 1.04 bits per heavy atom. The molecule has 4 atom stereocenters. The zero-order valence-corrected chi connectivity index (χ0v) is 16.4. The lowest BCUT2D eigenvalue weighted by molar-refractivity contribution is 0.0351. The number of aliphatic hydroxyl groups is 1. The molecule has 0 radical (unpaired) electrons. The van der Waals surface area contributed by atoms with Gasteiger partial charge in [-0.2, -0.15) is 0 Å². The fraction of sp³-hybridized carbons (Fsp3) is 0.500. The third-order valence-electron chi connectivity index (χ3n) is 6.71. The van der Waals surface area contributed by atoms with Crippen molar-refractivity contribution in [3.8, 4) is 5.75 Å². The SMILES string of the molecule is Cc1ccccc1C[C@]1(O)C[C@H]2CN(CC(C)c3ccc(O)cc3)C[C@H]2C1. The first kappa shape index (κ1) is 18.5. The predicted molar refractivity (Wildman–Crippen MR) is 109 cm³/mol. The smallest absolute Gasteiger partial charge is 0.115 e. The molecule has 1 aliphatic heterocycles. The van der Waals surface area contributed by atoms with Crippen LogP contribution in [0, 0.1) is 18.8 Å². The van der Waals surface area contributed by atoms with E-state index < -0.39 is 5.60 Å². The molecule has 0 amide bonds. The largest absolute Gasteiger partial charge is 0.508 e. The van der Waals surface area contributed by atoms with E-state index >= 15 is 0 Å². The van der Waals surface area contributed by atoms with Crippen molar-refractivity contribution in [2.24, 2.45) is 11.8 Å². The fourth-order valence-electron chi connectivity index (χ4n) is 5.31. The van der Waals surface area contributed by atoms with Crippen molar-refractivity contribution in [2.45, 2.75) is 44.6 Å². The Morgan fingerprint density at radius 2 is 1.67 bits per heavy atom. The molecular formula is C24H31NO2. The number of rotatable bonds is 5. The summed E-state index contributed by atoms with van der Waals surface area (Å²) in [5.74, 6) is 2.02. The van der Waals surface area contributed by atoms with Crippen LogP contribution in [-0.2, 0) is 6.42 Å². The zero-order valence-electron chi connectivity index (χ0n) is 16.4. The summed E-state index contributed by atoms with van der Waals surface area (Å²) in [5.41, 5.74) is 3.32. The van der Waals surface area contributed by atoms with E-state index in [1.54, 1.807) is 12.1 Å². The van der Waals surface area contributed by atoms with Crippen LogP contribution in [0.1, 0.15) is 42.4 Å². The average molecular weight is 366 g/mol. The minimum absolute atomic E-state index is 0.328. The van der Waals surface area contributed by atoms with Gasteiger partial charge in [-0.1, -0.05) is 43.3 Å². The van der Waals surface area contributed by atoms with Crippen molar-refractivity contribution < 1.29 is 10.2 Å². The van der Waals surface area contributed by atoms with E-state index in [4.69, 9.17) is 0 Å². The van der Waals surface area contributed by atoms with Crippen molar-refractivity contribution in [2.75, 3.05) is 19.6 Å². The number of nitrogens with zero attached hydrogens (tertiary/aromatic N) is 1. The first-order chi connectivity index (χ1) is 12.9. The molecule has 4 rings (SSSR count). The molecule has 2 aromatic rings. The van der Waals surface area contributed by atoms with Crippen LogP contribution in [0.5, 0.6) is 5.75 Å². The molecule has 0 spiro atoms. The monoisotopic (exact) mass is 365 g/mol. The maximum atomic E-state index is 11.2. The van der Waals surface area contributed by atoms with Gasteiger partial charge in [0.15, 0.2) is 0 Å². The van der Waals surface area contributed by atoms with E-state index in [0.717, 1.165) is 38.9 Å². The lowest BCUT2D eigenvalue weighted by atomic mass is 9.89. The van der Waals surface area contributed by atoms with E-state index in [-0.39, 0.29) is 0 Å². The van der Waals surface area contributed by atoms with Crippen LogP contribution in [0.15, 0.2) is 48.5 Å². The van der Waals surface area contributed by atoms with E-state index in [1.165, 1.54) is 16.7 Å². The number of aryl methyl sites for hydroxylation is 1. The molecule has 3 nitrogen and oxygen atoms in total. The highest BCUT2D eigenvalue weighted by molar-refractivity contribution is 5.29. The molecule has 0 bridgehead atoms. The molecule has 2 aliphatic rings. The van der Waals surface area contributed by atoms with E-state index in [0.29, 0.717) is 23.5 Å². The molecule has 2 aromatic carbocycles. The number of hydrogen-bond donors (Lipinski definition) is 2. The normalized spacial score (nSPS) is 29.0. The Labute approximate surface area is 162 Å². The van der Waals surface area contributed by atoms with Gasteiger partial charge in [-0.25, -0.2) is 0 Å². The van der Waals surface area contributed by atoms with Gasteiger partial charge in [0.25, 0.3) is 0 Å². The highest BCUT2D eigenvalue weighted by Crippen LogP contribution is 2.45. The van der Waals surface area contributed by atoms with Gasteiger partial charge < -0.3 is 15.1 Å². The summed E-state index contributed by atoms with van der Waals surface area (Å²) in [4.78, 5) is 2.57. The van der Waals surface area contributed by atoms with Crippen LogP contribution < -0.4 is 0 Å². The molecule has 1 saturated heterocycles. The average Bonchev–Trinajstić information content (AvgIpc) is 3.11. The summed E-state index contributed by atoms with van der Waals surface area (Å²) < 4.78 is 0. The van der Waals surface area contributed by atoms with E-state index in [1.807, 2.05) is 12.1 Å². The quantitative estimate of drug-likeness (QED) is 0.838. The van der Waals surface area contributed by atoms with Crippen molar-refractivity contribution >= 4 is 0 Å². The second-order valence-electron chi connectivity index (χ2n) is 8.97. The maximum absolute atomic E-state index is 11.2. The number of benzene rings is 2. The van der Waals surface area contributed by atoms with Gasteiger partial charge in [0.05, 0.1) is 5.60 Å². The zero-order chi connectivity index (χ0) is 19.0. The Bertz CT molecular complexity index is 771. The Hall–Kier alpha value is -1.84. The fourth-order valence-corrected chi connectivity index (χ4v) is 5.31. The lowest BCUT2D eigenvalue weighted by Crippen LogP contribution is -2.33. The van der Waals surface area contributed by atoms with Gasteiger partial charge >= 0.3 is 0 Å². The number of fused-ring (bicyclic) bond motifs is 1. The van der Waals surface area contributed by atoms with Crippen molar-refractivity contribution in [1.29, 1.82) is 0 Å². The summed E-state index contributed by atoms with van der Waals surface area (Å²) in [6, 6.07) is 16.0. The third-order valence-corrected chi connectivity index (χ3v) is 6.71. The van der Waals surface area contributed by atoms with E-state index in [2.05, 4.69) is 43.0 Å². The first-order valence-corrected chi connectivity index (χ1v) is 10.2. The highest BCUT2D eigenvalue weighted by Gasteiger charge is 2.48. The minimum Gasteiger partial charge on any atom is -0.508 e. The van der Waals surface area contributed by atoms with Crippen molar-refractivity contribution in [3.05, 3.63) is 65.2 Å². The Morgan fingerprint density at radius 3 is 2.30 bits per heavy atom. The number of phenols is 1. The van der Waals surface area contributed by atoms with Crippen LogP contribution in [0.3, 0.4) is 0 Å². The van der Waals surface area contributed by atoms with Gasteiger partial charge in [0.2, 0.25) is 0 Å². The van der Waals surface area contributed by atoms with Gasteiger partial charge in [-0.3, -0.25) is 0 Å². The van der Waals surface area contributed by atoms with Crippen LogP contribution in [0.25, 0.3) is 0 Å². The first-order valence-electron chi connectivity index (χ1n) is 10.2. The molecule has 0 aromatic heterocycles. The molecule has 1 heterocycles. The maximum Gasteiger partial charge on any atom is 0.115 e. The second kappa shape index (κ2) is 7.29. The van der Waals surface area contributed by atoms with Gasteiger partial charge in [-0.15, -0.1) is 0 Å². The van der Waals surface area contributed by atoms with Gasteiger partial charge in [-0.05, 0) is 66.3 Å². The molecule has 27 heavy (non-hydrogen) atoms. The Kier molecular flexibility index (Phi) is 5.00. The molecule has 1 saturated carbocycles. The summed E-state index contributed by atoms with van der Waals surface area (Å²) >= 11 is 0. The van der Waals surface area contributed by atoms with Crippen LogP contribution in [0.2, 0.25) is 0 Å². The van der Waals surface area contributed by atoms with Crippen LogP contribution in [0.4, 0.5) is 0 Å². The number of likely N-dealkylation sites (tertiary alicyclic amines) is 1. The lowest BCUT2D eigenvalue weighted by Gasteiger charge is -2.27. The molecule has 3 heteroatoms. The number of hydrogen-bond acceptors (Lipinski definition) is 3. The minimum atomic E-state index is -0.532.